The van der Waals surface area contributed by atoms with Crippen molar-refractivity contribution in [3.63, 3.8) is 0 Å². The van der Waals surface area contributed by atoms with Crippen molar-refractivity contribution in [3.8, 4) is 17.2 Å². The third-order valence-electron chi connectivity index (χ3n) is 2.73. The molecule has 0 heterocycles. The predicted octanol–water partition coefficient (Wildman–Crippen LogP) is 3.90. The Morgan fingerprint density at radius 3 is 2.00 bits per heavy atom. The van der Waals surface area contributed by atoms with Crippen LogP contribution in [0.15, 0.2) is 17.7 Å². The highest BCUT2D eigenvalue weighted by atomic mass is 79.9. The first kappa shape index (κ1) is 14.9. The molecule has 0 radical (unpaired) electrons. The van der Waals surface area contributed by atoms with Gasteiger partial charge in [-0.25, -0.2) is 0 Å². The van der Waals surface area contributed by atoms with Crippen molar-refractivity contribution in [3.05, 3.63) is 23.3 Å². The molecular weight excluding hydrogens is 296 g/mol. The molecule has 0 aromatic heterocycles. The third-order valence-corrected chi connectivity index (χ3v) is 3.45. The number of methoxy groups -OCH3 is 3. The minimum absolute atomic E-state index is 0.720. The van der Waals surface area contributed by atoms with E-state index in [4.69, 9.17) is 14.2 Å². The van der Waals surface area contributed by atoms with Gasteiger partial charge in [0.1, 0.15) is 17.2 Å². The highest BCUT2D eigenvalue weighted by Gasteiger charge is 2.11. The summed E-state index contributed by atoms with van der Waals surface area (Å²) in [6, 6.07) is 3.71. The second-order valence-electron chi connectivity index (χ2n) is 3.74. The van der Waals surface area contributed by atoms with Gasteiger partial charge in [-0.3, -0.25) is 0 Å². The number of alkyl halides is 1. The van der Waals surface area contributed by atoms with Crippen LogP contribution in [0.25, 0.3) is 6.08 Å². The summed E-state index contributed by atoms with van der Waals surface area (Å²) in [4.78, 5) is 0. The Morgan fingerprint density at radius 2 is 1.67 bits per heavy atom. The predicted molar refractivity (Wildman–Crippen MR) is 78.2 cm³/mol. The van der Waals surface area contributed by atoms with Gasteiger partial charge >= 0.3 is 0 Å². The lowest BCUT2D eigenvalue weighted by Gasteiger charge is -2.13. The maximum atomic E-state index is 5.40. The van der Waals surface area contributed by atoms with Crippen LogP contribution in [0.1, 0.15) is 18.9 Å². The standard InChI is InChI=1S/C14H19BrO3/c1-5-10(9-15)6-12-13(17-3)7-11(16-2)8-14(12)18-4/h6-8H,5,9H2,1-4H3. The number of halogens is 1. The Balaban J connectivity index is 3.35. The normalized spacial score (nSPS) is 11.3. The molecule has 0 spiro atoms. The summed E-state index contributed by atoms with van der Waals surface area (Å²) in [5.74, 6) is 2.22. The van der Waals surface area contributed by atoms with Crippen LogP contribution in [0, 0.1) is 0 Å². The van der Waals surface area contributed by atoms with Gasteiger partial charge in [-0.1, -0.05) is 28.4 Å². The van der Waals surface area contributed by atoms with E-state index in [1.165, 1.54) is 5.57 Å². The van der Waals surface area contributed by atoms with Crippen molar-refractivity contribution >= 4 is 22.0 Å². The lowest BCUT2D eigenvalue weighted by atomic mass is 10.1. The van der Waals surface area contributed by atoms with E-state index in [0.717, 1.165) is 34.6 Å². The topological polar surface area (TPSA) is 27.7 Å². The maximum absolute atomic E-state index is 5.40. The van der Waals surface area contributed by atoms with Crippen molar-refractivity contribution in [2.75, 3.05) is 26.7 Å². The summed E-state index contributed by atoms with van der Waals surface area (Å²) in [6.07, 6.45) is 3.06. The molecule has 0 unspecified atom stereocenters. The molecule has 0 aliphatic heterocycles. The minimum atomic E-state index is 0.720. The van der Waals surface area contributed by atoms with Crippen molar-refractivity contribution < 1.29 is 14.2 Å². The van der Waals surface area contributed by atoms with Crippen LogP contribution >= 0.6 is 15.9 Å². The second kappa shape index (κ2) is 7.31. The first-order valence-electron chi connectivity index (χ1n) is 5.75. The first-order chi connectivity index (χ1) is 8.69. The number of ether oxygens (including phenoxy) is 3. The van der Waals surface area contributed by atoms with Gasteiger partial charge in [0.15, 0.2) is 0 Å². The Bertz CT molecular complexity index is 396. The molecule has 4 heteroatoms. The molecule has 0 aliphatic carbocycles. The highest BCUT2D eigenvalue weighted by Crippen LogP contribution is 2.36. The van der Waals surface area contributed by atoms with E-state index in [2.05, 4.69) is 28.9 Å². The smallest absolute Gasteiger partial charge is 0.133 e. The minimum Gasteiger partial charge on any atom is -0.496 e. The number of benzene rings is 1. The van der Waals surface area contributed by atoms with Crippen molar-refractivity contribution in [2.45, 2.75) is 13.3 Å². The van der Waals surface area contributed by atoms with Crippen LogP contribution in [-0.4, -0.2) is 26.7 Å². The van der Waals surface area contributed by atoms with Crippen LogP contribution in [0.2, 0.25) is 0 Å². The Morgan fingerprint density at radius 1 is 1.11 bits per heavy atom. The average molecular weight is 315 g/mol. The van der Waals surface area contributed by atoms with Crippen LogP contribution in [0.5, 0.6) is 17.2 Å². The van der Waals surface area contributed by atoms with E-state index >= 15 is 0 Å². The van der Waals surface area contributed by atoms with E-state index < -0.39 is 0 Å². The molecule has 0 bridgehead atoms. The SMILES string of the molecule is CCC(=Cc1c(OC)cc(OC)cc1OC)CBr. The molecular formula is C14H19BrO3. The fraction of sp³-hybridized carbons (Fsp3) is 0.429. The van der Waals surface area contributed by atoms with Crippen LogP contribution in [0.3, 0.4) is 0 Å². The van der Waals surface area contributed by atoms with E-state index in [1.807, 2.05) is 12.1 Å². The molecule has 18 heavy (non-hydrogen) atoms. The molecule has 0 aliphatic rings. The zero-order valence-electron chi connectivity index (χ0n) is 11.2. The quantitative estimate of drug-likeness (QED) is 0.745. The van der Waals surface area contributed by atoms with Gasteiger partial charge in [-0.2, -0.15) is 0 Å². The summed E-state index contributed by atoms with van der Waals surface area (Å²) in [5, 5.41) is 0.835. The Hall–Kier alpha value is -1.16. The Kier molecular flexibility index (Phi) is 6.05. The van der Waals surface area contributed by atoms with E-state index in [9.17, 15) is 0 Å². The third kappa shape index (κ3) is 3.42. The lowest BCUT2D eigenvalue weighted by molar-refractivity contribution is 0.374. The monoisotopic (exact) mass is 314 g/mol. The lowest BCUT2D eigenvalue weighted by Crippen LogP contribution is -1.96. The maximum Gasteiger partial charge on any atom is 0.133 e. The number of hydrogen-bond donors (Lipinski definition) is 0. The van der Waals surface area contributed by atoms with Gasteiger partial charge in [-0.15, -0.1) is 0 Å². The molecule has 100 valence electrons. The summed E-state index contributed by atoms with van der Waals surface area (Å²) in [5.41, 5.74) is 2.22. The van der Waals surface area contributed by atoms with Gasteiger partial charge in [0.2, 0.25) is 0 Å². The zero-order chi connectivity index (χ0) is 13.5. The van der Waals surface area contributed by atoms with E-state index in [1.54, 1.807) is 21.3 Å². The molecule has 0 saturated carbocycles. The van der Waals surface area contributed by atoms with Crippen molar-refractivity contribution in [1.29, 1.82) is 0 Å². The molecule has 0 amide bonds. The van der Waals surface area contributed by atoms with Crippen LogP contribution < -0.4 is 14.2 Å². The number of rotatable bonds is 6. The summed E-state index contributed by atoms with van der Waals surface area (Å²) in [6.45, 7) is 2.12. The second-order valence-corrected chi connectivity index (χ2v) is 4.30. The van der Waals surface area contributed by atoms with Gasteiger partial charge in [0.25, 0.3) is 0 Å². The van der Waals surface area contributed by atoms with E-state index in [-0.39, 0.29) is 0 Å². The van der Waals surface area contributed by atoms with Crippen LogP contribution in [-0.2, 0) is 0 Å². The van der Waals surface area contributed by atoms with Crippen molar-refractivity contribution in [1.82, 2.24) is 0 Å². The van der Waals surface area contributed by atoms with E-state index in [0.29, 0.717) is 0 Å². The molecule has 3 nitrogen and oxygen atoms in total. The molecule has 1 aromatic rings. The molecule has 0 saturated heterocycles. The van der Waals surface area contributed by atoms with Gasteiger partial charge in [0.05, 0.1) is 26.9 Å². The molecule has 1 rings (SSSR count). The van der Waals surface area contributed by atoms with Gasteiger partial charge in [0, 0.05) is 17.5 Å². The molecule has 0 N–H and O–H groups in total. The largest absolute Gasteiger partial charge is 0.496 e. The van der Waals surface area contributed by atoms with Crippen LogP contribution in [0.4, 0.5) is 0 Å². The average Bonchev–Trinajstić information content (AvgIpc) is 2.43. The van der Waals surface area contributed by atoms with Gasteiger partial charge < -0.3 is 14.2 Å². The summed E-state index contributed by atoms with van der Waals surface area (Å²) in [7, 11) is 4.91. The molecule has 0 atom stereocenters. The number of hydrogen-bond acceptors (Lipinski definition) is 3. The van der Waals surface area contributed by atoms with Gasteiger partial charge in [-0.05, 0) is 12.5 Å². The Labute approximate surface area is 117 Å². The fourth-order valence-electron chi connectivity index (χ4n) is 1.61. The summed E-state index contributed by atoms with van der Waals surface area (Å²) < 4.78 is 16.0. The first-order valence-corrected chi connectivity index (χ1v) is 6.87. The molecule has 0 fully saturated rings. The zero-order valence-corrected chi connectivity index (χ0v) is 12.8. The number of allylic oxidation sites excluding steroid dienone is 1. The van der Waals surface area contributed by atoms with Crippen molar-refractivity contribution in [2.24, 2.45) is 0 Å². The summed E-state index contributed by atoms with van der Waals surface area (Å²) >= 11 is 3.48. The molecule has 1 aromatic carbocycles. The fourth-order valence-corrected chi connectivity index (χ4v) is 2.17. The highest BCUT2D eigenvalue weighted by molar-refractivity contribution is 9.09.